The van der Waals surface area contributed by atoms with E-state index < -0.39 is 6.10 Å². The van der Waals surface area contributed by atoms with Crippen molar-refractivity contribution < 1.29 is 9.84 Å². The first-order chi connectivity index (χ1) is 8.72. The van der Waals surface area contributed by atoms with Gasteiger partial charge in [-0.15, -0.1) is 0 Å². The maximum absolute atomic E-state index is 10.5. The number of aliphatic hydroxyl groups is 1. The lowest BCUT2D eigenvalue weighted by Gasteiger charge is -2.23. The molecule has 1 saturated heterocycles. The summed E-state index contributed by atoms with van der Waals surface area (Å²) in [5.74, 6) is 0.875. The summed E-state index contributed by atoms with van der Waals surface area (Å²) >= 11 is 0. The fraction of sp³-hybridized carbons (Fsp3) is 0.600. The Bertz CT molecular complexity index is 384. The van der Waals surface area contributed by atoms with E-state index in [1.807, 2.05) is 25.1 Å². The van der Waals surface area contributed by atoms with Crippen LogP contribution in [0.4, 0.5) is 0 Å². The van der Waals surface area contributed by atoms with Crippen LogP contribution in [0, 0.1) is 6.92 Å². The van der Waals surface area contributed by atoms with Gasteiger partial charge in [-0.3, -0.25) is 0 Å². The highest BCUT2D eigenvalue weighted by Crippen LogP contribution is 2.26. The Morgan fingerprint density at radius 1 is 1.33 bits per heavy atom. The summed E-state index contributed by atoms with van der Waals surface area (Å²) < 4.78 is 5.25. The van der Waals surface area contributed by atoms with E-state index in [4.69, 9.17) is 4.74 Å². The molecule has 0 aromatic heterocycles. The summed E-state index contributed by atoms with van der Waals surface area (Å²) in [6, 6.07) is 6.10. The number of aliphatic hydroxyl groups excluding tert-OH is 1. The van der Waals surface area contributed by atoms with Gasteiger partial charge in [0.1, 0.15) is 5.75 Å². The van der Waals surface area contributed by atoms with Gasteiger partial charge in [0.15, 0.2) is 0 Å². The molecule has 1 aliphatic heterocycles. The Kier molecular flexibility index (Phi) is 4.61. The molecule has 0 amide bonds. The summed E-state index contributed by atoms with van der Waals surface area (Å²) in [6.07, 6.45) is 4.30. The zero-order chi connectivity index (χ0) is 13.0. The van der Waals surface area contributed by atoms with E-state index in [-0.39, 0.29) is 6.04 Å². The van der Waals surface area contributed by atoms with Gasteiger partial charge in [-0.1, -0.05) is 18.9 Å². The van der Waals surface area contributed by atoms with Gasteiger partial charge >= 0.3 is 0 Å². The molecule has 3 heteroatoms. The smallest absolute Gasteiger partial charge is 0.121 e. The van der Waals surface area contributed by atoms with Crippen LogP contribution in [-0.2, 0) is 0 Å². The summed E-state index contributed by atoms with van der Waals surface area (Å²) in [5.41, 5.74) is 2.05. The van der Waals surface area contributed by atoms with E-state index in [0.717, 1.165) is 29.8 Å². The third kappa shape index (κ3) is 3.03. The SMILES string of the molecule is COc1ccc(C(O)C2CCCCCN2)cc1C. The molecule has 2 unspecified atom stereocenters. The molecule has 1 fully saturated rings. The van der Waals surface area contributed by atoms with Crippen LogP contribution in [0.15, 0.2) is 18.2 Å². The Hall–Kier alpha value is -1.06. The van der Waals surface area contributed by atoms with Crippen LogP contribution in [0.5, 0.6) is 5.75 Å². The van der Waals surface area contributed by atoms with E-state index in [9.17, 15) is 5.11 Å². The molecule has 0 spiro atoms. The number of hydrogen-bond acceptors (Lipinski definition) is 3. The third-order valence-electron chi connectivity index (χ3n) is 3.74. The zero-order valence-electron chi connectivity index (χ0n) is 11.3. The van der Waals surface area contributed by atoms with Crippen molar-refractivity contribution in [2.24, 2.45) is 0 Å². The van der Waals surface area contributed by atoms with E-state index in [2.05, 4.69) is 5.32 Å². The second-order valence-electron chi connectivity index (χ2n) is 5.08. The first-order valence-corrected chi connectivity index (χ1v) is 6.78. The van der Waals surface area contributed by atoms with Gasteiger partial charge < -0.3 is 15.2 Å². The van der Waals surface area contributed by atoms with Gasteiger partial charge in [0.2, 0.25) is 0 Å². The molecule has 2 rings (SSSR count). The van der Waals surface area contributed by atoms with Crippen LogP contribution in [-0.4, -0.2) is 24.8 Å². The molecule has 18 heavy (non-hydrogen) atoms. The second-order valence-corrected chi connectivity index (χ2v) is 5.08. The molecule has 0 aliphatic carbocycles. The van der Waals surface area contributed by atoms with Crippen LogP contribution in [0.1, 0.15) is 42.9 Å². The summed E-state index contributed by atoms with van der Waals surface area (Å²) in [6.45, 7) is 3.02. The molecule has 0 saturated carbocycles. The fourth-order valence-electron chi connectivity index (χ4n) is 2.64. The van der Waals surface area contributed by atoms with Gasteiger partial charge in [0, 0.05) is 6.04 Å². The van der Waals surface area contributed by atoms with Crippen molar-refractivity contribution in [3.8, 4) is 5.75 Å². The summed E-state index contributed by atoms with van der Waals surface area (Å²) in [7, 11) is 1.67. The van der Waals surface area contributed by atoms with Crippen molar-refractivity contribution in [3.05, 3.63) is 29.3 Å². The highest BCUT2D eigenvalue weighted by Gasteiger charge is 2.22. The Labute approximate surface area is 109 Å². The second kappa shape index (κ2) is 6.21. The van der Waals surface area contributed by atoms with Crippen LogP contribution in [0.3, 0.4) is 0 Å². The van der Waals surface area contributed by atoms with Gasteiger partial charge in [0.05, 0.1) is 13.2 Å². The zero-order valence-corrected chi connectivity index (χ0v) is 11.3. The average Bonchev–Trinajstić information content (AvgIpc) is 2.66. The highest BCUT2D eigenvalue weighted by molar-refractivity contribution is 5.37. The Morgan fingerprint density at radius 3 is 2.89 bits per heavy atom. The molecule has 0 radical (unpaired) electrons. The Balaban J connectivity index is 2.11. The van der Waals surface area contributed by atoms with E-state index in [0.29, 0.717) is 0 Å². The number of rotatable bonds is 3. The maximum Gasteiger partial charge on any atom is 0.121 e. The normalized spacial score (nSPS) is 22.3. The molecular formula is C15H23NO2. The predicted octanol–water partition coefficient (Wildman–Crippen LogP) is 2.57. The number of ether oxygens (including phenoxy) is 1. The van der Waals surface area contributed by atoms with Crippen molar-refractivity contribution in [3.63, 3.8) is 0 Å². The quantitative estimate of drug-likeness (QED) is 0.865. The molecule has 2 atom stereocenters. The van der Waals surface area contributed by atoms with Crippen molar-refractivity contribution in [2.75, 3.05) is 13.7 Å². The van der Waals surface area contributed by atoms with Crippen LogP contribution in [0.2, 0.25) is 0 Å². The largest absolute Gasteiger partial charge is 0.496 e. The topological polar surface area (TPSA) is 41.5 Å². The molecule has 1 aliphatic rings. The predicted molar refractivity (Wildman–Crippen MR) is 72.9 cm³/mol. The van der Waals surface area contributed by atoms with Crippen LogP contribution in [0.25, 0.3) is 0 Å². The monoisotopic (exact) mass is 249 g/mol. The lowest BCUT2D eigenvalue weighted by atomic mass is 9.97. The van der Waals surface area contributed by atoms with Gasteiger partial charge in [-0.05, 0) is 49.6 Å². The minimum absolute atomic E-state index is 0.181. The molecule has 1 heterocycles. The molecule has 100 valence electrons. The number of methoxy groups -OCH3 is 1. The summed E-state index contributed by atoms with van der Waals surface area (Å²) in [4.78, 5) is 0. The van der Waals surface area contributed by atoms with Crippen LogP contribution < -0.4 is 10.1 Å². The highest BCUT2D eigenvalue weighted by atomic mass is 16.5. The first-order valence-electron chi connectivity index (χ1n) is 6.78. The van der Waals surface area contributed by atoms with E-state index >= 15 is 0 Å². The fourth-order valence-corrected chi connectivity index (χ4v) is 2.64. The van der Waals surface area contributed by atoms with Crippen molar-refractivity contribution in [2.45, 2.75) is 44.8 Å². The number of aryl methyl sites for hydroxylation is 1. The molecule has 1 aromatic carbocycles. The molecule has 1 aromatic rings. The number of nitrogens with one attached hydrogen (secondary N) is 1. The first kappa shape index (κ1) is 13.4. The number of hydrogen-bond donors (Lipinski definition) is 2. The molecule has 3 nitrogen and oxygen atoms in total. The lowest BCUT2D eigenvalue weighted by molar-refractivity contribution is 0.126. The van der Waals surface area contributed by atoms with Crippen LogP contribution >= 0.6 is 0 Å². The van der Waals surface area contributed by atoms with Crippen molar-refractivity contribution in [1.82, 2.24) is 5.32 Å². The van der Waals surface area contributed by atoms with E-state index in [1.54, 1.807) is 7.11 Å². The average molecular weight is 249 g/mol. The third-order valence-corrected chi connectivity index (χ3v) is 3.74. The van der Waals surface area contributed by atoms with Gasteiger partial charge in [-0.25, -0.2) is 0 Å². The molecular weight excluding hydrogens is 226 g/mol. The van der Waals surface area contributed by atoms with Crippen molar-refractivity contribution in [1.29, 1.82) is 0 Å². The minimum atomic E-state index is -0.423. The maximum atomic E-state index is 10.5. The Morgan fingerprint density at radius 2 is 2.17 bits per heavy atom. The lowest BCUT2D eigenvalue weighted by Crippen LogP contribution is -2.34. The molecule has 0 bridgehead atoms. The van der Waals surface area contributed by atoms with Gasteiger partial charge in [-0.2, -0.15) is 0 Å². The van der Waals surface area contributed by atoms with Gasteiger partial charge in [0.25, 0.3) is 0 Å². The number of benzene rings is 1. The minimum Gasteiger partial charge on any atom is -0.496 e. The summed E-state index contributed by atoms with van der Waals surface area (Å²) in [5, 5.41) is 13.9. The molecule has 2 N–H and O–H groups in total. The van der Waals surface area contributed by atoms with E-state index in [1.165, 1.54) is 19.3 Å². The van der Waals surface area contributed by atoms with Crippen molar-refractivity contribution >= 4 is 0 Å². The standard InChI is InChI=1S/C15H23NO2/c1-11-10-12(7-8-14(11)18-2)15(17)13-6-4-3-5-9-16-13/h7-8,10,13,15-17H,3-6,9H2,1-2H3.